The van der Waals surface area contributed by atoms with Crippen molar-refractivity contribution in [3.63, 3.8) is 0 Å². The molecule has 2 heterocycles. The Morgan fingerprint density at radius 1 is 1.15 bits per heavy atom. The number of aryl methyl sites for hydroxylation is 1. The number of aliphatic carboxylic acids is 1. The highest BCUT2D eigenvalue weighted by Crippen LogP contribution is 2.36. The van der Waals surface area contributed by atoms with Gasteiger partial charge >= 0.3 is 5.97 Å². The molecule has 1 aliphatic rings. The lowest BCUT2D eigenvalue weighted by molar-refractivity contribution is -0.136. The molecule has 0 aliphatic heterocycles. The number of nitrogens with one attached hydrogen (secondary N) is 2. The standard InChI is InChI=1S/C25H28ClN5O3/c1-17-21(26)16-31(30-17)22-9-8-20(15-28-22)29-25(11-2-3-12-25)14-18-4-6-19(7-5-18)24(34)27-13-10-23(32)33/h4-9,15-16,29H,2-3,10-14H2,1H3,(H,27,34)(H,32,33). The zero-order valence-electron chi connectivity index (χ0n) is 19.1. The fourth-order valence-corrected chi connectivity index (χ4v) is 4.54. The summed E-state index contributed by atoms with van der Waals surface area (Å²) in [6.45, 7) is 1.97. The van der Waals surface area contributed by atoms with Gasteiger partial charge in [0.05, 0.1) is 35.2 Å². The summed E-state index contributed by atoms with van der Waals surface area (Å²) >= 11 is 6.11. The van der Waals surface area contributed by atoms with E-state index in [-0.39, 0.29) is 24.4 Å². The van der Waals surface area contributed by atoms with Crippen molar-refractivity contribution < 1.29 is 14.7 Å². The second-order valence-electron chi connectivity index (χ2n) is 8.80. The monoisotopic (exact) mass is 481 g/mol. The first kappa shape index (κ1) is 23.8. The van der Waals surface area contributed by atoms with E-state index in [2.05, 4.69) is 20.7 Å². The van der Waals surface area contributed by atoms with Gasteiger partial charge in [0, 0.05) is 17.6 Å². The van der Waals surface area contributed by atoms with E-state index in [1.165, 1.54) is 0 Å². The summed E-state index contributed by atoms with van der Waals surface area (Å²) in [6, 6.07) is 11.5. The fraction of sp³-hybridized carbons (Fsp3) is 0.360. The number of halogens is 1. The maximum absolute atomic E-state index is 12.2. The molecule has 9 heteroatoms. The van der Waals surface area contributed by atoms with Crippen LogP contribution in [0.25, 0.3) is 5.82 Å². The molecule has 0 atom stereocenters. The van der Waals surface area contributed by atoms with E-state index in [0.29, 0.717) is 16.4 Å². The van der Waals surface area contributed by atoms with Crippen LogP contribution < -0.4 is 10.6 Å². The predicted octanol–water partition coefficient (Wildman–Crippen LogP) is 4.40. The van der Waals surface area contributed by atoms with E-state index in [1.54, 1.807) is 23.0 Å². The zero-order valence-corrected chi connectivity index (χ0v) is 19.8. The van der Waals surface area contributed by atoms with Crippen molar-refractivity contribution in [2.75, 3.05) is 11.9 Å². The van der Waals surface area contributed by atoms with E-state index < -0.39 is 5.97 Å². The minimum absolute atomic E-state index is 0.0694. The number of carboxylic acid groups (broad SMARTS) is 1. The topological polar surface area (TPSA) is 109 Å². The van der Waals surface area contributed by atoms with Crippen LogP contribution in [0.4, 0.5) is 5.69 Å². The summed E-state index contributed by atoms with van der Waals surface area (Å²) in [5, 5.41) is 20.0. The van der Waals surface area contributed by atoms with Crippen LogP contribution in [0.5, 0.6) is 0 Å². The molecule has 1 saturated carbocycles. The summed E-state index contributed by atoms with van der Waals surface area (Å²) in [4.78, 5) is 27.4. The summed E-state index contributed by atoms with van der Waals surface area (Å²) < 4.78 is 1.67. The van der Waals surface area contributed by atoms with Crippen molar-refractivity contribution in [3.05, 3.63) is 70.6 Å². The number of hydrogen-bond donors (Lipinski definition) is 3. The number of carbonyl (C=O) groups is 2. The smallest absolute Gasteiger partial charge is 0.305 e. The molecule has 1 amide bonds. The van der Waals surface area contributed by atoms with Gasteiger partial charge in [-0.3, -0.25) is 9.59 Å². The van der Waals surface area contributed by atoms with E-state index in [1.807, 2.05) is 37.4 Å². The van der Waals surface area contributed by atoms with Crippen LogP contribution in [0.3, 0.4) is 0 Å². The summed E-state index contributed by atoms with van der Waals surface area (Å²) in [6.07, 6.45) is 8.75. The van der Waals surface area contributed by atoms with E-state index in [0.717, 1.165) is 49.0 Å². The lowest BCUT2D eigenvalue weighted by Gasteiger charge is -2.32. The number of rotatable bonds is 9. The Morgan fingerprint density at radius 3 is 2.47 bits per heavy atom. The highest BCUT2D eigenvalue weighted by atomic mass is 35.5. The second kappa shape index (κ2) is 10.3. The SMILES string of the molecule is Cc1nn(-c2ccc(NC3(Cc4ccc(C(=O)NCCC(=O)O)cc4)CCCC3)cn2)cc1Cl. The van der Waals surface area contributed by atoms with Gasteiger partial charge in [-0.15, -0.1) is 0 Å². The first-order valence-electron chi connectivity index (χ1n) is 11.4. The quantitative estimate of drug-likeness (QED) is 0.418. The average Bonchev–Trinajstić information content (AvgIpc) is 3.40. The van der Waals surface area contributed by atoms with Gasteiger partial charge in [0.2, 0.25) is 0 Å². The Balaban J connectivity index is 1.41. The molecular weight excluding hydrogens is 454 g/mol. The number of anilines is 1. The van der Waals surface area contributed by atoms with Crippen molar-refractivity contribution >= 4 is 29.2 Å². The number of nitrogens with zero attached hydrogens (tertiary/aromatic N) is 3. The van der Waals surface area contributed by atoms with Gasteiger partial charge in [-0.1, -0.05) is 36.6 Å². The van der Waals surface area contributed by atoms with Crippen molar-refractivity contribution in [1.29, 1.82) is 0 Å². The maximum atomic E-state index is 12.2. The molecule has 0 unspecified atom stereocenters. The maximum Gasteiger partial charge on any atom is 0.305 e. The highest BCUT2D eigenvalue weighted by molar-refractivity contribution is 6.31. The molecular formula is C25H28ClN5O3. The largest absolute Gasteiger partial charge is 0.481 e. The van der Waals surface area contributed by atoms with Gasteiger partial charge in [-0.25, -0.2) is 9.67 Å². The molecule has 34 heavy (non-hydrogen) atoms. The van der Waals surface area contributed by atoms with Gasteiger partial charge < -0.3 is 15.7 Å². The number of carboxylic acids is 1. The molecule has 3 aromatic rings. The van der Waals surface area contributed by atoms with E-state index >= 15 is 0 Å². The Bertz CT molecular complexity index is 1130. The lowest BCUT2D eigenvalue weighted by atomic mass is 9.88. The van der Waals surface area contributed by atoms with Crippen LogP contribution >= 0.6 is 11.6 Å². The summed E-state index contributed by atoms with van der Waals surface area (Å²) in [5.74, 6) is -0.490. The Morgan fingerprint density at radius 2 is 1.88 bits per heavy atom. The van der Waals surface area contributed by atoms with Crippen molar-refractivity contribution in [2.24, 2.45) is 0 Å². The zero-order chi connectivity index (χ0) is 24.1. The normalized spacial score (nSPS) is 14.6. The molecule has 8 nitrogen and oxygen atoms in total. The third kappa shape index (κ3) is 5.75. The van der Waals surface area contributed by atoms with Crippen LogP contribution in [0, 0.1) is 6.92 Å². The summed E-state index contributed by atoms with van der Waals surface area (Å²) in [7, 11) is 0. The molecule has 2 aromatic heterocycles. The number of benzene rings is 1. The molecule has 0 radical (unpaired) electrons. The Kier molecular flexibility index (Phi) is 7.17. The fourth-order valence-electron chi connectivity index (χ4n) is 4.41. The minimum Gasteiger partial charge on any atom is -0.481 e. The Labute approximate surface area is 203 Å². The molecule has 0 spiro atoms. The molecule has 1 aromatic carbocycles. The summed E-state index contributed by atoms with van der Waals surface area (Å²) in [5.41, 5.74) is 3.31. The Hall–Kier alpha value is -3.39. The third-order valence-corrected chi connectivity index (χ3v) is 6.55. The van der Waals surface area contributed by atoms with Crippen molar-refractivity contribution in [1.82, 2.24) is 20.1 Å². The number of carbonyl (C=O) groups excluding carboxylic acids is 1. The number of hydrogen-bond acceptors (Lipinski definition) is 5. The van der Waals surface area contributed by atoms with Gasteiger partial charge in [0.1, 0.15) is 0 Å². The van der Waals surface area contributed by atoms with E-state index in [9.17, 15) is 9.59 Å². The molecule has 4 rings (SSSR count). The second-order valence-corrected chi connectivity index (χ2v) is 9.21. The van der Waals surface area contributed by atoms with Crippen LogP contribution in [-0.2, 0) is 11.2 Å². The lowest BCUT2D eigenvalue weighted by Crippen LogP contribution is -2.37. The van der Waals surface area contributed by atoms with Gasteiger partial charge in [0.25, 0.3) is 5.91 Å². The van der Waals surface area contributed by atoms with E-state index in [4.69, 9.17) is 16.7 Å². The van der Waals surface area contributed by atoms with Gasteiger partial charge in [-0.05, 0) is 56.0 Å². The third-order valence-electron chi connectivity index (χ3n) is 6.17. The molecule has 3 N–H and O–H groups in total. The number of amides is 1. The predicted molar refractivity (Wildman–Crippen MR) is 131 cm³/mol. The highest BCUT2D eigenvalue weighted by Gasteiger charge is 2.34. The molecule has 0 bridgehead atoms. The van der Waals surface area contributed by atoms with Crippen molar-refractivity contribution in [2.45, 2.75) is 51.0 Å². The first-order valence-corrected chi connectivity index (χ1v) is 11.8. The van der Waals surface area contributed by atoms with Crippen LogP contribution in [0.1, 0.15) is 53.7 Å². The van der Waals surface area contributed by atoms with Crippen LogP contribution in [-0.4, -0.2) is 43.8 Å². The molecule has 178 valence electrons. The van der Waals surface area contributed by atoms with Crippen molar-refractivity contribution in [3.8, 4) is 5.82 Å². The van der Waals surface area contributed by atoms with Gasteiger partial charge in [0.15, 0.2) is 5.82 Å². The number of pyridine rings is 1. The molecule has 1 fully saturated rings. The molecule has 1 aliphatic carbocycles. The average molecular weight is 482 g/mol. The van der Waals surface area contributed by atoms with Crippen LogP contribution in [0.2, 0.25) is 5.02 Å². The first-order chi connectivity index (χ1) is 16.3. The molecule has 0 saturated heterocycles. The number of aromatic nitrogens is 3. The minimum atomic E-state index is -0.935. The van der Waals surface area contributed by atoms with Gasteiger partial charge in [-0.2, -0.15) is 5.10 Å². The van der Waals surface area contributed by atoms with Crippen LogP contribution in [0.15, 0.2) is 48.8 Å².